The molecule has 0 aromatic heterocycles. The second kappa shape index (κ2) is 8.67. The van der Waals surface area contributed by atoms with Gasteiger partial charge in [-0.3, -0.25) is 9.59 Å². The highest BCUT2D eigenvalue weighted by atomic mass is 79.9. The molecule has 0 saturated carbocycles. The third-order valence-electron chi connectivity index (χ3n) is 3.25. The Morgan fingerprint density at radius 1 is 1.22 bits per heavy atom. The summed E-state index contributed by atoms with van der Waals surface area (Å²) >= 11 is 3.33. The van der Waals surface area contributed by atoms with E-state index in [2.05, 4.69) is 26.6 Å². The number of rotatable bonds is 7. The van der Waals surface area contributed by atoms with Gasteiger partial charge in [0.25, 0.3) is 0 Å². The molecule has 6 nitrogen and oxygen atoms in total. The molecule has 2 atom stereocenters. The van der Waals surface area contributed by atoms with E-state index in [1.54, 1.807) is 32.0 Å². The van der Waals surface area contributed by atoms with Crippen molar-refractivity contribution in [3.05, 3.63) is 34.3 Å². The maximum atomic E-state index is 12.3. The Kier molecular flexibility index (Phi) is 7.22. The first kappa shape index (κ1) is 19.2. The molecule has 23 heavy (non-hydrogen) atoms. The van der Waals surface area contributed by atoms with Gasteiger partial charge in [-0.25, -0.2) is 4.79 Å². The number of nitrogens with one attached hydrogen (secondary N) is 2. The minimum absolute atomic E-state index is 0.154. The van der Waals surface area contributed by atoms with Crippen LogP contribution in [0.3, 0.4) is 0 Å². The summed E-state index contributed by atoms with van der Waals surface area (Å²) in [5.41, 5.74) is 0.785. The first-order valence-corrected chi connectivity index (χ1v) is 8.04. The van der Waals surface area contributed by atoms with Crippen molar-refractivity contribution >= 4 is 33.7 Å². The zero-order valence-electron chi connectivity index (χ0n) is 13.3. The van der Waals surface area contributed by atoms with Gasteiger partial charge in [-0.15, -0.1) is 0 Å². The maximum absolute atomic E-state index is 12.3. The highest BCUT2D eigenvalue weighted by Gasteiger charge is 2.28. The van der Waals surface area contributed by atoms with E-state index in [1.165, 1.54) is 6.92 Å². The second-order valence-corrected chi connectivity index (χ2v) is 6.57. The highest BCUT2D eigenvalue weighted by Crippen LogP contribution is 2.13. The van der Waals surface area contributed by atoms with Crippen LogP contribution in [0.15, 0.2) is 28.7 Å². The number of carbonyl (C=O) groups excluding carboxylic acids is 2. The number of carbonyl (C=O) groups is 3. The van der Waals surface area contributed by atoms with E-state index in [4.69, 9.17) is 0 Å². The van der Waals surface area contributed by atoms with Crippen LogP contribution in [0.2, 0.25) is 0 Å². The van der Waals surface area contributed by atoms with Crippen LogP contribution in [-0.2, 0) is 20.8 Å². The van der Waals surface area contributed by atoms with E-state index in [-0.39, 0.29) is 18.2 Å². The summed E-state index contributed by atoms with van der Waals surface area (Å²) in [6.07, 6.45) is 0.158. The van der Waals surface area contributed by atoms with Gasteiger partial charge in [0.15, 0.2) is 0 Å². The smallest absolute Gasteiger partial charge is 0.326 e. The van der Waals surface area contributed by atoms with E-state index >= 15 is 0 Å². The van der Waals surface area contributed by atoms with Crippen molar-refractivity contribution in [2.45, 2.75) is 39.3 Å². The highest BCUT2D eigenvalue weighted by molar-refractivity contribution is 9.10. The SMILES string of the molecule is CC(=O)N[C@@H](C(=O)N[C@@H](Cc1cccc(Br)c1)C(=O)O)C(C)C. The molecule has 0 aliphatic rings. The van der Waals surface area contributed by atoms with Gasteiger partial charge in [-0.1, -0.05) is 41.9 Å². The number of benzene rings is 1. The molecule has 0 aliphatic heterocycles. The molecule has 0 bridgehead atoms. The standard InChI is InChI=1S/C16H21BrN2O4/c1-9(2)14(18-10(3)20)15(21)19-13(16(22)23)8-11-5-4-6-12(17)7-11/h4-7,9,13-14H,8H2,1-3H3,(H,18,20)(H,19,21)(H,22,23)/t13-,14+/m0/s1. The molecule has 126 valence electrons. The lowest BCUT2D eigenvalue weighted by Crippen LogP contribution is -2.53. The van der Waals surface area contributed by atoms with Gasteiger partial charge >= 0.3 is 5.97 Å². The van der Waals surface area contributed by atoms with E-state index in [9.17, 15) is 19.5 Å². The third-order valence-corrected chi connectivity index (χ3v) is 3.74. The Balaban J connectivity index is 2.84. The van der Waals surface area contributed by atoms with Crippen LogP contribution in [0.1, 0.15) is 26.3 Å². The Morgan fingerprint density at radius 2 is 1.87 bits per heavy atom. The van der Waals surface area contributed by atoms with Gasteiger partial charge in [0.05, 0.1) is 0 Å². The number of hydrogen-bond acceptors (Lipinski definition) is 3. The van der Waals surface area contributed by atoms with E-state index in [0.717, 1.165) is 10.0 Å². The molecule has 3 N–H and O–H groups in total. The molecule has 1 rings (SSSR count). The number of aliphatic carboxylic acids is 1. The first-order valence-electron chi connectivity index (χ1n) is 7.25. The lowest BCUT2D eigenvalue weighted by Gasteiger charge is -2.23. The van der Waals surface area contributed by atoms with Gasteiger partial charge in [0.1, 0.15) is 12.1 Å². The van der Waals surface area contributed by atoms with E-state index in [1.807, 2.05) is 6.07 Å². The fourth-order valence-corrected chi connectivity index (χ4v) is 2.56. The lowest BCUT2D eigenvalue weighted by molar-refractivity contribution is -0.142. The molecule has 1 aromatic carbocycles. The van der Waals surface area contributed by atoms with Crippen molar-refractivity contribution in [2.24, 2.45) is 5.92 Å². The fourth-order valence-electron chi connectivity index (χ4n) is 2.12. The molecule has 0 heterocycles. The Bertz CT molecular complexity index is 589. The number of carboxylic acid groups (broad SMARTS) is 1. The van der Waals surface area contributed by atoms with Crippen molar-refractivity contribution in [2.75, 3.05) is 0 Å². The minimum Gasteiger partial charge on any atom is -0.480 e. The van der Waals surface area contributed by atoms with Gasteiger partial charge in [-0.2, -0.15) is 0 Å². The molecule has 0 aliphatic carbocycles. The van der Waals surface area contributed by atoms with Crippen LogP contribution in [0, 0.1) is 5.92 Å². The third kappa shape index (κ3) is 6.40. The second-order valence-electron chi connectivity index (χ2n) is 5.66. The molecular weight excluding hydrogens is 364 g/mol. The largest absolute Gasteiger partial charge is 0.480 e. The van der Waals surface area contributed by atoms with Crippen LogP contribution < -0.4 is 10.6 Å². The zero-order chi connectivity index (χ0) is 17.6. The average molecular weight is 385 g/mol. The zero-order valence-corrected chi connectivity index (χ0v) is 14.9. The van der Waals surface area contributed by atoms with Gasteiger partial charge in [0.2, 0.25) is 11.8 Å². The molecule has 0 saturated heterocycles. The van der Waals surface area contributed by atoms with Gasteiger partial charge in [-0.05, 0) is 23.6 Å². The van der Waals surface area contributed by atoms with Crippen molar-refractivity contribution < 1.29 is 19.5 Å². The summed E-state index contributed by atoms with van der Waals surface area (Å²) in [5, 5.41) is 14.4. The van der Waals surface area contributed by atoms with Crippen LogP contribution in [-0.4, -0.2) is 35.0 Å². The lowest BCUT2D eigenvalue weighted by atomic mass is 10.0. The molecule has 1 aromatic rings. The molecule has 0 unspecified atom stereocenters. The first-order chi connectivity index (χ1) is 10.7. The quantitative estimate of drug-likeness (QED) is 0.666. The summed E-state index contributed by atoms with van der Waals surface area (Å²) in [5.74, 6) is -2.11. The van der Waals surface area contributed by atoms with Crippen molar-refractivity contribution in [1.29, 1.82) is 0 Å². The summed E-state index contributed by atoms with van der Waals surface area (Å²) in [7, 11) is 0. The van der Waals surface area contributed by atoms with Gasteiger partial charge < -0.3 is 15.7 Å². The van der Waals surface area contributed by atoms with Gasteiger partial charge in [0, 0.05) is 17.8 Å². The number of carboxylic acids is 1. The van der Waals surface area contributed by atoms with Crippen LogP contribution in [0.25, 0.3) is 0 Å². The van der Waals surface area contributed by atoms with E-state index < -0.39 is 24.0 Å². The summed E-state index contributed by atoms with van der Waals surface area (Å²) in [6, 6.07) is 5.40. The molecular formula is C16H21BrN2O4. The number of amides is 2. The molecule has 0 spiro atoms. The molecule has 2 amide bonds. The monoisotopic (exact) mass is 384 g/mol. The Labute approximate surface area is 143 Å². The predicted octanol–water partition coefficient (Wildman–Crippen LogP) is 1.72. The summed E-state index contributed by atoms with van der Waals surface area (Å²) < 4.78 is 0.837. The fraction of sp³-hybridized carbons (Fsp3) is 0.438. The normalized spacial score (nSPS) is 13.3. The number of hydrogen-bond donors (Lipinski definition) is 3. The number of halogens is 1. The Hall–Kier alpha value is -1.89. The predicted molar refractivity (Wildman–Crippen MR) is 89.9 cm³/mol. The minimum atomic E-state index is -1.12. The van der Waals surface area contributed by atoms with Crippen molar-refractivity contribution in [1.82, 2.24) is 10.6 Å². The van der Waals surface area contributed by atoms with Crippen molar-refractivity contribution in [3.63, 3.8) is 0 Å². The summed E-state index contributed by atoms with van der Waals surface area (Å²) in [6.45, 7) is 4.88. The molecule has 0 fully saturated rings. The van der Waals surface area contributed by atoms with Crippen molar-refractivity contribution in [3.8, 4) is 0 Å². The topological polar surface area (TPSA) is 95.5 Å². The molecule has 7 heteroatoms. The molecule has 0 radical (unpaired) electrons. The van der Waals surface area contributed by atoms with Crippen LogP contribution in [0.5, 0.6) is 0 Å². The maximum Gasteiger partial charge on any atom is 0.326 e. The average Bonchev–Trinajstić information content (AvgIpc) is 2.43. The van der Waals surface area contributed by atoms with Crippen LogP contribution >= 0.6 is 15.9 Å². The van der Waals surface area contributed by atoms with E-state index in [0.29, 0.717) is 0 Å². The Morgan fingerprint density at radius 3 is 2.35 bits per heavy atom. The van der Waals surface area contributed by atoms with Crippen LogP contribution in [0.4, 0.5) is 0 Å². The summed E-state index contributed by atoms with van der Waals surface area (Å²) in [4.78, 5) is 34.9.